The number of thiazole rings is 1. The van der Waals surface area contributed by atoms with E-state index in [0.717, 1.165) is 40.9 Å². The van der Waals surface area contributed by atoms with Crippen LogP contribution in [-0.4, -0.2) is 15.8 Å². The molecule has 138 valence electrons. The third-order valence-corrected chi connectivity index (χ3v) is 6.22. The van der Waals surface area contributed by atoms with E-state index in [-0.39, 0.29) is 11.6 Å². The van der Waals surface area contributed by atoms with E-state index in [1.54, 1.807) is 23.5 Å². The number of nitrogens with zero attached hydrogens (tertiary/aromatic N) is 2. The second-order valence-electron chi connectivity index (χ2n) is 7.00. The lowest BCUT2D eigenvalue weighted by atomic mass is 9.81. The fourth-order valence-corrected chi connectivity index (χ4v) is 4.89. The maximum absolute atomic E-state index is 13.1. The quantitative estimate of drug-likeness (QED) is 0.501. The Morgan fingerprint density at radius 1 is 1.19 bits per heavy atom. The standard InChI is InChI=1S/C20H19N3O3S/c24-19(21-14-6-5-7-15(12-14)23(25)26)20(10-3-4-11-20)13-18-22-16-8-1-2-9-17(16)27-18/h1-2,5-9,12H,3-4,10-11,13H2,(H,21,24). The molecule has 4 rings (SSSR count). The largest absolute Gasteiger partial charge is 0.325 e. The maximum Gasteiger partial charge on any atom is 0.271 e. The van der Waals surface area contributed by atoms with Gasteiger partial charge in [-0.3, -0.25) is 14.9 Å². The second kappa shape index (κ2) is 7.08. The lowest BCUT2D eigenvalue weighted by molar-refractivity contribution is -0.384. The van der Waals surface area contributed by atoms with Crippen molar-refractivity contribution in [3.63, 3.8) is 0 Å². The van der Waals surface area contributed by atoms with Crippen LogP contribution in [0.5, 0.6) is 0 Å². The molecular weight excluding hydrogens is 362 g/mol. The van der Waals surface area contributed by atoms with E-state index < -0.39 is 10.3 Å². The first-order valence-electron chi connectivity index (χ1n) is 8.96. The zero-order valence-electron chi connectivity index (χ0n) is 14.7. The van der Waals surface area contributed by atoms with Crippen LogP contribution in [0.2, 0.25) is 0 Å². The van der Waals surface area contributed by atoms with Gasteiger partial charge in [-0.25, -0.2) is 4.98 Å². The number of aromatic nitrogens is 1. The van der Waals surface area contributed by atoms with Crippen LogP contribution < -0.4 is 5.32 Å². The number of nitrogens with one attached hydrogen (secondary N) is 1. The van der Waals surface area contributed by atoms with Crippen LogP contribution in [-0.2, 0) is 11.2 Å². The van der Waals surface area contributed by atoms with E-state index in [1.807, 2.05) is 24.3 Å². The molecule has 1 amide bonds. The van der Waals surface area contributed by atoms with Crippen molar-refractivity contribution in [3.05, 3.63) is 63.7 Å². The average molecular weight is 381 g/mol. The number of hydrogen-bond acceptors (Lipinski definition) is 5. The topological polar surface area (TPSA) is 85.1 Å². The minimum Gasteiger partial charge on any atom is -0.325 e. The third-order valence-electron chi connectivity index (χ3n) is 5.18. The van der Waals surface area contributed by atoms with Crippen molar-refractivity contribution in [2.75, 3.05) is 5.32 Å². The van der Waals surface area contributed by atoms with E-state index in [0.29, 0.717) is 12.1 Å². The molecule has 1 saturated carbocycles. The van der Waals surface area contributed by atoms with E-state index in [9.17, 15) is 14.9 Å². The molecule has 27 heavy (non-hydrogen) atoms. The van der Waals surface area contributed by atoms with Gasteiger partial charge in [-0.05, 0) is 31.0 Å². The van der Waals surface area contributed by atoms with E-state index in [1.165, 1.54) is 12.1 Å². The number of nitro benzene ring substituents is 1. The molecule has 0 aliphatic heterocycles. The van der Waals surface area contributed by atoms with Gasteiger partial charge in [-0.15, -0.1) is 11.3 Å². The predicted octanol–water partition coefficient (Wildman–Crippen LogP) is 4.95. The number of rotatable bonds is 5. The van der Waals surface area contributed by atoms with Gasteiger partial charge in [0.15, 0.2) is 0 Å². The molecule has 0 atom stereocenters. The molecule has 1 aromatic heterocycles. The first kappa shape index (κ1) is 17.6. The van der Waals surface area contributed by atoms with Crippen molar-refractivity contribution in [1.29, 1.82) is 0 Å². The molecule has 1 heterocycles. The van der Waals surface area contributed by atoms with Gasteiger partial charge in [0.25, 0.3) is 5.69 Å². The molecular formula is C20H19N3O3S. The highest BCUT2D eigenvalue weighted by atomic mass is 32.1. The summed E-state index contributed by atoms with van der Waals surface area (Å²) in [6, 6.07) is 14.1. The summed E-state index contributed by atoms with van der Waals surface area (Å²) in [5.41, 5.74) is 0.896. The minimum atomic E-state index is -0.501. The van der Waals surface area contributed by atoms with Gasteiger partial charge in [0, 0.05) is 24.2 Å². The number of hydrogen-bond donors (Lipinski definition) is 1. The molecule has 1 N–H and O–H groups in total. The summed E-state index contributed by atoms with van der Waals surface area (Å²) in [6.07, 6.45) is 4.24. The number of carbonyl (C=O) groups is 1. The fourth-order valence-electron chi connectivity index (χ4n) is 3.78. The van der Waals surface area contributed by atoms with Crippen molar-refractivity contribution in [1.82, 2.24) is 4.98 Å². The smallest absolute Gasteiger partial charge is 0.271 e. The van der Waals surface area contributed by atoms with Crippen molar-refractivity contribution in [2.45, 2.75) is 32.1 Å². The van der Waals surface area contributed by atoms with Crippen LogP contribution in [0.3, 0.4) is 0 Å². The molecule has 3 aromatic rings. The lowest BCUT2D eigenvalue weighted by Crippen LogP contribution is -2.35. The molecule has 0 saturated heterocycles. The average Bonchev–Trinajstić information content (AvgIpc) is 3.29. The number of nitro groups is 1. The van der Waals surface area contributed by atoms with Crippen LogP contribution in [0.1, 0.15) is 30.7 Å². The Hall–Kier alpha value is -2.80. The monoisotopic (exact) mass is 381 g/mol. The van der Waals surface area contributed by atoms with Crippen LogP contribution in [0.4, 0.5) is 11.4 Å². The molecule has 6 nitrogen and oxygen atoms in total. The summed E-state index contributed by atoms with van der Waals surface area (Å²) in [4.78, 5) is 28.3. The highest BCUT2D eigenvalue weighted by molar-refractivity contribution is 7.18. The van der Waals surface area contributed by atoms with Gasteiger partial charge in [0.1, 0.15) is 0 Å². The molecule has 0 spiro atoms. The minimum absolute atomic E-state index is 0.0283. The normalized spacial score (nSPS) is 15.7. The van der Waals surface area contributed by atoms with Crippen LogP contribution in [0.15, 0.2) is 48.5 Å². The summed E-state index contributed by atoms with van der Waals surface area (Å²) >= 11 is 1.63. The Morgan fingerprint density at radius 2 is 1.96 bits per heavy atom. The highest BCUT2D eigenvalue weighted by Gasteiger charge is 2.42. The maximum atomic E-state index is 13.1. The number of para-hydroxylation sites is 1. The molecule has 1 aliphatic carbocycles. The highest BCUT2D eigenvalue weighted by Crippen LogP contribution is 2.43. The van der Waals surface area contributed by atoms with Crippen molar-refractivity contribution < 1.29 is 9.72 Å². The van der Waals surface area contributed by atoms with Gasteiger partial charge >= 0.3 is 0 Å². The van der Waals surface area contributed by atoms with Gasteiger partial charge < -0.3 is 5.32 Å². The summed E-state index contributed by atoms with van der Waals surface area (Å²) in [5, 5.41) is 14.8. The molecule has 2 aromatic carbocycles. The van der Waals surface area contributed by atoms with Crippen LogP contribution in [0, 0.1) is 15.5 Å². The predicted molar refractivity (Wildman–Crippen MR) is 106 cm³/mol. The second-order valence-corrected chi connectivity index (χ2v) is 8.12. The third kappa shape index (κ3) is 3.55. The molecule has 1 fully saturated rings. The summed E-state index contributed by atoms with van der Waals surface area (Å²) in [7, 11) is 0. The Labute approximate surface area is 160 Å². The molecule has 1 aliphatic rings. The first-order chi connectivity index (χ1) is 13.1. The van der Waals surface area contributed by atoms with Crippen molar-refractivity contribution >= 4 is 38.8 Å². The summed E-state index contributed by atoms with van der Waals surface area (Å²) in [6.45, 7) is 0. The molecule has 0 bridgehead atoms. The fraction of sp³-hybridized carbons (Fsp3) is 0.300. The van der Waals surface area contributed by atoms with Crippen molar-refractivity contribution in [2.24, 2.45) is 5.41 Å². The molecule has 7 heteroatoms. The number of non-ortho nitro benzene ring substituents is 1. The van der Waals surface area contributed by atoms with E-state index >= 15 is 0 Å². The number of benzene rings is 2. The van der Waals surface area contributed by atoms with Gasteiger partial charge in [-0.2, -0.15) is 0 Å². The zero-order valence-corrected chi connectivity index (χ0v) is 15.5. The number of fused-ring (bicyclic) bond motifs is 1. The number of carbonyl (C=O) groups excluding carboxylic acids is 1. The zero-order chi connectivity index (χ0) is 18.9. The Morgan fingerprint density at radius 3 is 2.70 bits per heavy atom. The summed E-state index contributed by atoms with van der Waals surface area (Å²) < 4.78 is 1.12. The van der Waals surface area contributed by atoms with Crippen LogP contribution >= 0.6 is 11.3 Å². The number of anilines is 1. The van der Waals surface area contributed by atoms with Crippen molar-refractivity contribution in [3.8, 4) is 0 Å². The lowest BCUT2D eigenvalue weighted by Gasteiger charge is -2.26. The first-order valence-corrected chi connectivity index (χ1v) is 9.78. The summed E-state index contributed by atoms with van der Waals surface area (Å²) in [5.74, 6) is -0.0697. The molecule has 0 unspecified atom stereocenters. The van der Waals surface area contributed by atoms with Gasteiger partial charge in [0.2, 0.25) is 5.91 Å². The van der Waals surface area contributed by atoms with Gasteiger partial charge in [0.05, 0.1) is 25.6 Å². The Balaban J connectivity index is 1.58. The molecule has 0 radical (unpaired) electrons. The Bertz CT molecular complexity index is 975. The van der Waals surface area contributed by atoms with E-state index in [4.69, 9.17) is 4.98 Å². The Kier molecular flexibility index (Phi) is 4.61. The van der Waals surface area contributed by atoms with E-state index in [2.05, 4.69) is 5.32 Å². The van der Waals surface area contributed by atoms with Gasteiger partial charge in [-0.1, -0.05) is 31.0 Å². The SMILES string of the molecule is O=C(Nc1cccc([N+](=O)[O-])c1)C1(Cc2nc3ccccc3s2)CCCC1. The number of amides is 1. The van der Waals surface area contributed by atoms with Crippen LogP contribution in [0.25, 0.3) is 10.2 Å².